The number of carbonyl (C=O) groups excluding carboxylic acids is 3. The lowest BCUT2D eigenvalue weighted by Gasteiger charge is -2.38. The number of anilines is 1. The molecule has 0 saturated heterocycles. The number of aliphatic imine (C=N–C) groups is 1. The highest BCUT2D eigenvalue weighted by Crippen LogP contribution is 2.55. The van der Waals surface area contributed by atoms with Gasteiger partial charge < -0.3 is 49.8 Å². The van der Waals surface area contributed by atoms with Gasteiger partial charge in [0.15, 0.2) is 5.75 Å². The maximum atomic E-state index is 14.4. The Kier molecular flexibility index (Phi) is 13.3. The van der Waals surface area contributed by atoms with Crippen molar-refractivity contribution in [1.82, 2.24) is 0 Å². The van der Waals surface area contributed by atoms with Crippen LogP contribution in [-0.2, 0) is 23.8 Å². The van der Waals surface area contributed by atoms with E-state index in [1.807, 2.05) is 19.1 Å². The second-order valence-electron chi connectivity index (χ2n) is 15.7. The number of rotatable bonds is 4. The summed E-state index contributed by atoms with van der Waals surface area (Å²) in [6.45, 7) is 14.3. The number of fused-ring (bicyclic) bond motifs is 14. The summed E-state index contributed by atoms with van der Waals surface area (Å²) in [7, 11) is 1.43. The number of Topliss-reactive ketones (excluding diaryl/α,β-unsaturated/α-hetero) is 1. The van der Waals surface area contributed by atoms with Crippen molar-refractivity contribution in [3.8, 4) is 23.0 Å². The molecule has 3 aromatic carbocycles. The number of phenols is 3. The van der Waals surface area contributed by atoms with Gasteiger partial charge in [-0.25, -0.2) is 0 Å². The monoisotopic (exact) mass is 814 g/mol. The molecular weight excluding hydrogens is 760 g/mol. The lowest BCUT2D eigenvalue weighted by molar-refractivity contribution is -0.160. The maximum Gasteiger partial charge on any atom is 0.312 e. The largest absolute Gasteiger partial charge is 0.507 e. The Morgan fingerprint density at radius 1 is 0.915 bits per heavy atom. The zero-order chi connectivity index (χ0) is 43.7. The van der Waals surface area contributed by atoms with Crippen LogP contribution in [0.15, 0.2) is 65.4 Å². The average Bonchev–Trinajstić information content (AvgIpc) is 3.46. The van der Waals surface area contributed by atoms with Crippen LogP contribution in [0.25, 0.3) is 10.8 Å². The van der Waals surface area contributed by atoms with Crippen LogP contribution in [0.3, 0.4) is 0 Å². The number of aryl methyl sites for hydroxylation is 1. The van der Waals surface area contributed by atoms with Gasteiger partial charge in [-0.1, -0.05) is 64.1 Å². The van der Waals surface area contributed by atoms with E-state index in [0.29, 0.717) is 5.69 Å². The Bertz CT molecular complexity index is 2260. The zero-order valence-electron chi connectivity index (χ0n) is 34.9. The van der Waals surface area contributed by atoms with Crippen LogP contribution >= 0.6 is 0 Å². The van der Waals surface area contributed by atoms with E-state index in [1.165, 1.54) is 59.4 Å². The van der Waals surface area contributed by atoms with Crippen LogP contribution in [0.2, 0.25) is 0 Å². The molecule has 0 saturated carbocycles. The number of aliphatic hydroxyl groups excluding tert-OH is 2. The van der Waals surface area contributed by atoms with Crippen molar-refractivity contribution in [3.63, 3.8) is 0 Å². The summed E-state index contributed by atoms with van der Waals surface area (Å²) in [5, 5.41) is 60.5. The fourth-order valence-corrected chi connectivity index (χ4v) is 7.71. The number of carbonyl (C=O) groups is 3. The van der Waals surface area contributed by atoms with E-state index >= 15 is 0 Å². The molecular formula is C45H54N2O12. The standard InChI is InChI=1S/C45H54N2O12/c1-21-14-11-12-17-30(21)46-20-29-35-40(53)33-32(39(29)52)34-42(27(7)38(33)51)59-45(9,43(34)54)57-19-18-31(56-10)24(4)41(58-28(8)48)26(6)37(50)25(5)36(49)22(2)15-13-16-23(3)44(55)47-35/h11-20,22,24-26,31,36-37,41,49-53H,1-10H3,(H,47,55)/b15-13+,19-18+,23-16?,46-20?. The fourth-order valence-electron chi connectivity index (χ4n) is 7.71. The Balaban J connectivity index is 1.74. The van der Waals surface area contributed by atoms with Crippen LogP contribution < -0.4 is 10.1 Å². The SMILES string of the molecule is COC1/C=C/OC2(C)Oc3c(C)c(O)c4c(O)c(c(C=Nc5ccccc5C)c(O)c4c3C2=O)NC(=O)C(C)=C/C=C/C(C)C(O)C(C)C(O)C(C)C(OC(C)=O)C1C. The van der Waals surface area contributed by atoms with Crippen molar-refractivity contribution < 1.29 is 58.9 Å². The molecule has 9 atom stereocenters. The van der Waals surface area contributed by atoms with Crippen molar-refractivity contribution in [2.45, 2.75) is 92.5 Å². The van der Waals surface area contributed by atoms with Gasteiger partial charge in [0.25, 0.3) is 11.7 Å². The van der Waals surface area contributed by atoms with Crippen LogP contribution in [-0.4, -0.2) is 86.7 Å². The van der Waals surface area contributed by atoms with Crippen LogP contribution in [0.5, 0.6) is 23.0 Å². The molecule has 0 aromatic heterocycles. The summed E-state index contributed by atoms with van der Waals surface area (Å²) in [4.78, 5) is 45.0. The predicted octanol–water partition coefficient (Wildman–Crippen LogP) is 6.81. The number of aromatic hydroxyl groups is 3. The molecule has 6 N–H and O–H groups in total. The molecule has 6 rings (SSSR count). The van der Waals surface area contributed by atoms with Gasteiger partial charge in [0.1, 0.15) is 23.4 Å². The summed E-state index contributed by atoms with van der Waals surface area (Å²) < 4.78 is 23.6. The molecule has 3 aromatic rings. The van der Waals surface area contributed by atoms with Crippen molar-refractivity contribution in [2.75, 3.05) is 12.4 Å². The molecule has 0 aliphatic carbocycles. The van der Waals surface area contributed by atoms with Crippen molar-refractivity contribution in [3.05, 3.63) is 82.7 Å². The van der Waals surface area contributed by atoms with E-state index in [0.717, 1.165) is 5.56 Å². The minimum absolute atomic E-state index is 0.0443. The molecule has 316 valence electrons. The first kappa shape index (κ1) is 44.4. The van der Waals surface area contributed by atoms with Gasteiger partial charge in [-0.2, -0.15) is 0 Å². The minimum Gasteiger partial charge on any atom is -0.507 e. The topological polar surface area (TPSA) is 214 Å². The highest BCUT2D eigenvalue weighted by atomic mass is 16.7. The van der Waals surface area contributed by atoms with Crippen LogP contribution in [0.1, 0.15) is 75.5 Å². The van der Waals surface area contributed by atoms with E-state index in [-0.39, 0.29) is 44.5 Å². The van der Waals surface area contributed by atoms with E-state index in [9.17, 15) is 39.9 Å². The Morgan fingerprint density at radius 2 is 1.59 bits per heavy atom. The number of phenolic OH excluding ortho intramolecular Hbond substituents is 3. The fraction of sp³-hybridized carbons (Fsp3) is 0.422. The van der Waals surface area contributed by atoms with Gasteiger partial charge in [-0.3, -0.25) is 19.4 Å². The van der Waals surface area contributed by atoms with Gasteiger partial charge in [-0.05, 0) is 38.5 Å². The molecule has 0 radical (unpaired) electrons. The highest BCUT2D eigenvalue weighted by Gasteiger charge is 2.50. The normalized spacial score (nSPS) is 29.2. The molecule has 5 bridgehead atoms. The summed E-state index contributed by atoms with van der Waals surface area (Å²) in [5.41, 5.74) is 0.849. The minimum atomic E-state index is -2.06. The number of aliphatic hydroxyl groups is 2. The van der Waals surface area contributed by atoms with Crippen molar-refractivity contribution in [1.29, 1.82) is 0 Å². The molecule has 9 unspecified atom stereocenters. The van der Waals surface area contributed by atoms with E-state index in [1.54, 1.807) is 52.0 Å². The second kappa shape index (κ2) is 17.7. The first-order chi connectivity index (χ1) is 27.7. The van der Waals surface area contributed by atoms with Crippen molar-refractivity contribution >= 4 is 46.0 Å². The number of para-hydroxylation sites is 1. The number of ketones is 1. The number of nitrogens with one attached hydrogen (secondary N) is 1. The molecule has 0 spiro atoms. The first-order valence-corrected chi connectivity index (χ1v) is 19.4. The number of benzene rings is 3. The van der Waals surface area contributed by atoms with Crippen LogP contribution in [0, 0.1) is 37.5 Å². The third-order valence-corrected chi connectivity index (χ3v) is 11.5. The number of methoxy groups -OCH3 is 1. The van der Waals surface area contributed by atoms with Crippen LogP contribution in [0.4, 0.5) is 11.4 Å². The lowest BCUT2D eigenvalue weighted by Crippen LogP contribution is -2.46. The van der Waals surface area contributed by atoms with Gasteiger partial charge in [-0.15, -0.1) is 0 Å². The number of ether oxygens (including phenoxy) is 4. The quantitative estimate of drug-likeness (QED) is 0.0694. The van der Waals surface area contributed by atoms with E-state index in [4.69, 9.17) is 18.9 Å². The third kappa shape index (κ3) is 8.56. The maximum absolute atomic E-state index is 14.4. The number of amides is 1. The van der Waals surface area contributed by atoms with Gasteiger partial charge in [0.05, 0.1) is 52.5 Å². The Hall–Kier alpha value is -5.70. The summed E-state index contributed by atoms with van der Waals surface area (Å²) in [5.74, 6) is -8.49. The second-order valence-corrected chi connectivity index (χ2v) is 15.7. The summed E-state index contributed by atoms with van der Waals surface area (Å²) in [6.07, 6.45) is 4.75. The van der Waals surface area contributed by atoms with E-state index < -0.39 is 88.8 Å². The summed E-state index contributed by atoms with van der Waals surface area (Å²) >= 11 is 0. The number of hydrogen-bond donors (Lipinski definition) is 6. The number of nitrogens with zero attached hydrogens (tertiary/aromatic N) is 1. The molecule has 0 fully saturated rings. The smallest absolute Gasteiger partial charge is 0.312 e. The molecule has 14 heteroatoms. The summed E-state index contributed by atoms with van der Waals surface area (Å²) in [6, 6.07) is 7.16. The van der Waals surface area contributed by atoms with Gasteiger partial charge >= 0.3 is 11.8 Å². The highest BCUT2D eigenvalue weighted by molar-refractivity contribution is 6.24. The Labute approximate surface area is 343 Å². The number of esters is 1. The zero-order valence-corrected chi connectivity index (χ0v) is 34.9. The number of allylic oxidation sites excluding steroid dienone is 2. The molecule has 3 aliphatic heterocycles. The van der Waals surface area contributed by atoms with Gasteiger partial charge in [0.2, 0.25) is 0 Å². The molecule has 1 amide bonds. The van der Waals surface area contributed by atoms with Crippen molar-refractivity contribution in [2.24, 2.45) is 28.7 Å². The Morgan fingerprint density at radius 3 is 2.24 bits per heavy atom. The first-order valence-electron chi connectivity index (χ1n) is 19.4. The molecule has 59 heavy (non-hydrogen) atoms. The molecule has 14 nitrogen and oxygen atoms in total. The van der Waals surface area contributed by atoms with E-state index in [2.05, 4.69) is 10.3 Å². The number of hydrogen-bond acceptors (Lipinski definition) is 13. The predicted molar refractivity (Wildman–Crippen MR) is 222 cm³/mol. The lowest BCUT2D eigenvalue weighted by atomic mass is 9.78. The molecule has 3 heterocycles. The van der Waals surface area contributed by atoms with Gasteiger partial charge in [0, 0.05) is 67.4 Å². The third-order valence-electron chi connectivity index (χ3n) is 11.5. The molecule has 3 aliphatic rings. The average molecular weight is 815 g/mol.